The molecular weight excluding hydrogens is 332 g/mol. The first-order valence-electron chi connectivity index (χ1n) is 6.33. The quantitative estimate of drug-likeness (QED) is 0.791. The fourth-order valence-electron chi connectivity index (χ4n) is 1.90. The van der Waals surface area contributed by atoms with Crippen LogP contribution in [0.3, 0.4) is 0 Å². The van der Waals surface area contributed by atoms with Gasteiger partial charge in [0.25, 0.3) is 0 Å². The van der Waals surface area contributed by atoms with Crippen molar-refractivity contribution in [3.05, 3.63) is 41.3 Å². The van der Waals surface area contributed by atoms with E-state index in [-0.39, 0.29) is 0 Å². The van der Waals surface area contributed by atoms with E-state index >= 15 is 0 Å². The van der Waals surface area contributed by atoms with Gasteiger partial charge < -0.3 is 5.32 Å². The number of nitrogens with one attached hydrogen (secondary N) is 1. The average Bonchev–Trinajstić information content (AvgIpc) is 2.94. The lowest BCUT2D eigenvalue weighted by atomic mass is 10.2. The molecule has 21 heavy (non-hydrogen) atoms. The molecule has 0 amide bonds. The summed E-state index contributed by atoms with van der Waals surface area (Å²) in [4.78, 5) is 13.4. The number of hydrogen-bond acceptors (Lipinski definition) is 5. The van der Waals surface area contributed by atoms with Crippen molar-refractivity contribution < 1.29 is 0 Å². The maximum atomic E-state index is 4.58. The standard InChI is InChI=1S/C14H13BrN6/c1-16-13-5-12(9-6-18-21(2)8-9)19-14(20-13)11-4-3-10(15)7-17-11/h3-8H,1-2H3,(H,16,19,20). The largest absolute Gasteiger partial charge is 0.373 e. The second kappa shape index (κ2) is 5.61. The summed E-state index contributed by atoms with van der Waals surface area (Å²) in [7, 11) is 3.70. The fraction of sp³-hybridized carbons (Fsp3) is 0.143. The van der Waals surface area contributed by atoms with Gasteiger partial charge >= 0.3 is 0 Å². The Kier molecular flexibility index (Phi) is 3.66. The molecule has 0 fully saturated rings. The van der Waals surface area contributed by atoms with Crippen molar-refractivity contribution in [2.24, 2.45) is 7.05 Å². The van der Waals surface area contributed by atoms with Gasteiger partial charge in [0.1, 0.15) is 11.5 Å². The van der Waals surface area contributed by atoms with Gasteiger partial charge in [0, 0.05) is 42.6 Å². The van der Waals surface area contributed by atoms with E-state index < -0.39 is 0 Å². The van der Waals surface area contributed by atoms with Crippen LogP contribution in [0.4, 0.5) is 5.82 Å². The SMILES string of the molecule is CNc1cc(-c2cnn(C)c2)nc(-c2ccc(Br)cn2)n1. The van der Waals surface area contributed by atoms with Gasteiger partial charge in [0.2, 0.25) is 0 Å². The smallest absolute Gasteiger partial charge is 0.180 e. The zero-order valence-electron chi connectivity index (χ0n) is 11.6. The molecule has 3 heterocycles. The summed E-state index contributed by atoms with van der Waals surface area (Å²) in [5.41, 5.74) is 2.47. The van der Waals surface area contributed by atoms with Crippen LogP contribution in [0.1, 0.15) is 0 Å². The van der Waals surface area contributed by atoms with Crippen molar-refractivity contribution in [3.63, 3.8) is 0 Å². The molecule has 0 aliphatic heterocycles. The highest BCUT2D eigenvalue weighted by atomic mass is 79.9. The van der Waals surface area contributed by atoms with Crippen LogP contribution < -0.4 is 5.32 Å². The second-order valence-corrected chi connectivity index (χ2v) is 5.39. The lowest BCUT2D eigenvalue weighted by Gasteiger charge is -2.06. The van der Waals surface area contributed by atoms with Gasteiger partial charge in [-0.2, -0.15) is 5.10 Å². The Morgan fingerprint density at radius 1 is 1.14 bits per heavy atom. The number of aryl methyl sites for hydroxylation is 1. The van der Waals surface area contributed by atoms with Crippen molar-refractivity contribution in [2.75, 3.05) is 12.4 Å². The molecule has 106 valence electrons. The summed E-state index contributed by atoms with van der Waals surface area (Å²) in [6.07, 6.45) is 5.43. The molecular formula is C14H13BrN6. The van der Waals surface area contributed by atoms with E-state index in [0.29, 0.717) is 5.82 Å². The first kappa shape index (κ1) is 13.7. The number of pyridine rings is 1. The number of hydrogen-bond donors (Lipinski definition) is 1. The van der Waals surface area contributed by atoms with Gasteiger partial charge in [0.05, 0.1) is 11.9 Å². The van der Waals surface area contributed by atoms with Gasteiger partial charge in [-0.1, -0.05) is 0 Å². The second-order valence-electron chi connectivity index (χ2n) is 4.48. The molecule has 0 aromatic carbocycles. The van der Waals surface area contributed by atoms with Crippen LogP contribution in [0.5, 0.6) is 0 Å². The van der Waals surface area contributed by atoms with Crippen LogP contribution in [0.15, 0.2) is 41.3 Å². The summed E-state index contributed by atoms with van der Waals surface area (Å²) in [6.45, 7) is 0. The van der Waals surface area contributed by atoms with E-state index in [0.717, 1.165) is 27.2 Å². The first-order valence-corrected chi connectivity index (χ1v) is 7.13. The third-order valence-electron chi connectivity index (χ3n) is 2.94. The molecule has 0 saturated carbocycles. The third-order valence-corrected chi connectivity index (χ3v) is 3.41. The molecule has 0 unspecified atom stereocenters. The van der Waals surface area contributed by atoms with E-state index in [9.17, 15) is 0 Å². The van der Waals surface area contributed by atoms with Crippen LogP contribution in [-0.2, 0) is 7.05 Å². The van der Waals surface area contributed by atoms with Gasteiger partial charge in [-0.05, 0) is 28.1 Å². The summed E-state index contributed by atoms with van der Waals surface area (Å²) in [5.74, 6) is 1.32. The fourth-order valence-corrected chi connectivity index (χ4v) is 2.13. The average molecular weight is 345 g/mol. The number of anilines is 1. The Morgan fingerprint density at radius 3 is 2.62 bits per heavy atom. The highest BCUT2D eigenvalue weighted by molar-refractivity contribution is 9.10. The summed E-state index contributed by atoms with van der Waals surface area (Å²) in [6, 6.07) is 5.69. The molecule has 3 aromatic rings. The number of aromatic nitrogens is 5. The van der Waals surface area contributed by atoms with Crippen molar-refractivity contribution in [1.82, 2.24) is 24.7 Å². The lowest BCUT2D eigenvalue weighted by molar-refractivity contribution is 0.768. The maximum Gasteiger partial charge on any atom is 0.180 e. The third kappa shape index (κ3) is 2.92. The summed E-state index contributed by atoms with van der Waals surface area (Å²) >= 11 is 3.37. The van der Waals surface area contributed by atoms with Crippen molar-refractivity contribution in [2.45, 2.75) is 0 Å². The van der Waals surface area contributed by atoms with Gasteiger partial charge in [-0.3, -0.25) is 9.67 Å². The summed E-state index contributed by atoms with van der Waals surface area (Å²) in [5, 5.41) is 7.23. The van der Waals surface area contributed by atoms with Crippen LogP contribution in [0.25, 0.3) is 22.8 Å². The molecule has 3 rings (SSSR count). The molecule has 6 nitrogen and oxygen atoms in total. The molecule has 0 atom stereocenters. The monoisotopic (exact) mass is 344 g/mol. The summed E-state index contributed by atoms with van der Waals surface area (Å²) < 4.78 is 2.66. The van der Waals surface area contributed by atoms with E-state index in [1.807, 2.05) is 38.5 Å². The van der Waals surface area contributed by atoms with Crippen LogP contribution in [0, 0.1) is 0 Å². The van der Waals surface area contributed by atoms with E-state index in [4.69, 9.17) is 0 Å². The molecule has 0 radical (unpaired) electrons. The Labute approximate surface area is 130 Å². The van der Waals surface area contributed by atoms with Gasteiger partial charge in [-0.25, -0.2) is 9.97 Å². The molecule has 0 bridgehead atoms. The van der Waals surface area contributed by atoms with Gasteiger partial charge in [-0.15, -0.1) is 0 Å². The molecule has 0 aliphatic rings. The molecule has 0 saturated heterocycles. The topological polar surface area (TPSA) is 68.5 Å². The van der Waals surface area contributed by atoms with Crippen molar-refractivity contribution in [3.8, 4) is 22.8 Å². The number of halogens is 1. The van der Waals surface area contributed by atoms with E-state index in [1.165, 1.54) is 0 Å². The zero-order valence-corrected chi connectivity index (χ0v) is 13.2. The lowest BCUT2D eigenvalue weighted by Crippen LogP contribution is -1.99. The molecule has 0 aliphatic carbocycles. The Balaban J connectivity index is 2.10. The van der Waals surface area contributed by atoms with Crippen LogP contribution >= 0.6 is 15.9 Å². The zero-order chi connectivity index (χ0) is 14.8. The Morgan fingerprint density at radius 2 is 2.00 bits per heavy atom. The first-order chi connectivity index (χ1) is 10.2. The number of rotatable bonds is 3. The molecule has 3 aromatic heterocycles. The van der Waals surface area contributed by atoms with E-state index in [1.54, 1.807) is 17.1 Å². The normalized spacial score (nSPS) is 10.6. The predicted octanol–water partition coefficient (Wildman–Crippen LogP) is 2.74. The molecule has 0 spiro atoms. The molecule has 7 heteroatoms. The van der Waals surface area contributed by atoms with Crippen molar-refractivity contribution in [1.29, 1.82) is 0 Å². The number of nitrogens with zero attached hydrogens (tertiary/aromatic N) is 5. The Hall–Kier alpha value is -2.28. The minimum absolute atomic E-state index is 0.577. The van der Waals surface area contributed by atoms with Crippen LogP contribution in [-0.4, -0.2) is 31.8 Å². The van der Waals surface area contributed by atoms with Gasteiger partial charge in [0.15, 0.2) is 5.82 Å². The highest BCUT2D eigenvalue weighted by Gasteiger charge is 2.10. The van der Waals surface area contributed by atoms with E-state index in [2.05, 4.69) is 41.3 Å². The maximum absolute atomic E-state index is 4.58. The van der Waals surface area contributed by atoms with Crippen LogP contribution in [0.2, 0.25) is 0 Å². The Bertz CT molecular complexity index is 765. The minimum Gasteiger partial charge on any atom is -0.373 e. The van der Waals surface area contributed by atoms with Crippen molar-refractivity contribution >= 4 is 21.7 Å². The highest BCUT2D eigenvalue weighted by Crippen LogP contribution is 2.23. The predicted molar refractivity (Wildman–Crippen MR) is 84.7 cm³/mol. The minimum atomic E-state index is 0.577. The molecule has 1 N–H and O–H groups in total.